The van der Waals surface area contributed by atoms with E-state index in [0.29, 0.717) is 16.9 Å². The van der Waals surface area contributed by atoms with Crippen LogP contribution in [-0.4, -0.2) is 37.8 Å². The van der Waals surface area contributed by atoms with Crippen molar-refractivity contribution in [3.8, 4) is 0 Å². The monoisotopic (exact) mass is 366 g/mol. The standard InChI is InChI=1S/C20H22N4O3/c1-12(2)24-18-15(11-21-24)10-16(13(3)22-18)19(25)23-17(20(26)27)9-14-7-5-4-6-8-14/h4-8,10-12,17H,9H2,1-3H3,(H,23,25)(H,26,27)/t17-/m1/s1. The highest BCUT2D eigenvalue weighted by Crippen LogP contribution is 2.19. The number of carboxylic acids is 1. The van der Waals surface area contributed by atoms with E-state index in [0.717, 1.165) is 10.9 Å². The average molecular weight is 366 g/mol. The van der Waals surface area contributed by atoms with E-state index in [-0.39, 0.29) is 12.5 Å². The molecule has 0 aliphatic carbocycles. The molecule has 2 heterocycles. The molecule has 0 radical (unpaired) electrons. The first-order valence-electron chi connectivity index (χ1n) is 8.79. The van der Waals surface area contributed by atoms with E-state index in [1.807, 2.05) is 44.2 Å². The predicted octanol–water partition coefficient (Wildman–Crippen LogP) is 2.75. The van der Waals surface area contributed by atoms with Crippen LogP contribution < -0.4 is 5.32 Å². The predicted molar refractivity (Wildman–Crippen MR) is 102 cm³/mol. The summed E-state index contributed by atoms with van der Waals surface area (Å²) in [6.07, 6.45) is 1.87. The van der Waals surface area contributed by atoms with Gasteiger partial charge in [0.2, 0.25) is 0 Å². The molecular weight excluding hydrogens is 344 g/mol. The topological polar surface area (TPSA) is 97.1 Å². The van der Waals surface area contributed by atoms with E-state index in [1.54, 1.807) is 23.9 Å². The number of nitrogens with one attached hydrogen (secondary N) is 1. The highest BCUT2D eigenvalue weighted by Gasteiger charge is 2.23. The number of pyridine rings is 1. The summed E-state index contributed by atoms with van der Waals surface area (Å²) in [5, 5.41) is 17.2. The Morgan fingerprint density at radius 2 is 1.93 bits per heavy atom. The first-order chi connectivity index (χ1) is 12.9. The normalized spacial score (nSPS) is 12.3. The van der Waals surface area contributed by atoms with Gasteiger partial charge in [0.05, 0.1) is 17.5 Å². The number of benzene rings is 1. The summed E-state index contributed by atoms with van der Waals surface area (Å²) in [5.41, 5.74) is 2.43. The van der Waals surface area contributed by atoms with Crippen molar-refractivity contribution >= 4 is 22.9 Å². The smallest absolute Gasteiger partial charge is 0.326 e. The van der Waals surface area contributed by atoms with Crippen molar-refractivity contribution in [2.24, 2.45) is 0 Å². The maximum atomic E-state index is 12.7. The van der Waals surface area contributed by atoms with Gasteiger partial charge >= 0.3 is 5.97 Å². The number of aromatic nitrogens is 3. The molecule has 1 aromatic carbocycles. The van der Waals surface area contributed by atoms with Crippen molar-refractivity contribution in [3.05, 3.63) is 59.4 Å². The van der Waals surface area contributed by atoms with Crippen LogP contribution in [-0.2, 0) is 11.2 Å². The summed E-state index contributed by atoms with van der Waals surface area (Å²) in [4.78, 5) is 28.8. The van der Waals surface area contributed by atoms with Crippen molar-refractivity contribution in [2.75, 3.05) is 0 Å². The highest BCUT2D eigenvalue weighted by molar-refractivity contribution is 6.00. The van der Waals surface area contributed by atoms with Crippen LogP contribution in [0.3, 0.4) is 0 Å². The van der Waals surface area contributed by atoms with Crippen molar-refractivity contribution < 1.29 is 14.7 Å². The van der Waals surface area contributed by atoms with Crippen LogP contribution in [0.2, 0.25) is 0 Å². The Kier molecular flexibility index (Phi) is 5.21. The number of carbonyl (C=O) groups is 2. The van der Waals surface area contributed by atoms with Crippen molar-refractivity contribution in [3.63, 3.8) is 0 Å². The van der Waals surface area contributed by atoms with Crippen LogP contribution in [0, 0.1) is 6.92 Å². The lowest BCUT2D eigenvalue weighted by Crippen LogP contribution is -2.42. The Balaban J connectivity index is 1.85. The number of aliphatic carboxylic acids is 1. The molecule has 1 atom stereocenters. The van der Waals surface area contributed by atoms with Crippen LogP contribution in [0.1, 0.15) is 41.5 Å². The van der Waals surface area contributed by atoms with E-state index in [4.69, 9.17) is 0 Å². The zero-order valence-electron chi connectivity index (χ0n) is 15.5. The van der Waals surface area contributed by atoms with Crippen LogP contribution in [0.25, 0.3) is 11.0 Å². The maximum Gasteiger partial charge on any atom is 0.326 e. The van der Waals surface area contributed by atoms with Crippen LogP contribution in [0.15, 0.2) is 42.6 Å². The van der Waals surface area contributed by atoms with Gasteiger partial charge in [-0.05, 0) is 32.4 Å². The Bertz CT molecular complexity index is 980. The van der Waals surface area contributed by atoms with E-state index in [9.17, 15) is 14.7 Å². The average Bonchev–Trinajstić information content (AvgIpc) is 3.04. The Hall–Kier alpha value is -3.22. The van der Waals surface area contributed by atoms with Gasteiger partial charge in [-0.2, -0.15) is 5.10 Å². The molecule has 2 N–H and O–H groups in total. The largest absolute Gasteiger partial charge is 0.480 e. The van der Waals surface area contributed by atoms with Gasteiger partial charge in [-0.1, -0.05) is 30.3 Å². The van der Waals surface area contributed by atoms with Gasteiger partial charge < -0.3 is 10.4 Å². The highest BCUT2D eigenvalue weighted by atomic mass is 16.4. The summed E-state index contributed by atoms with van der Waals surface area (Å²) in [6, 6.07) is 10.0. The zero-order chi connectivity index (χ0) is 19.6. The molecule has 2 aromatic heterocycles. The lowest BCUT2D eigenvalue weighted by Gasteiger charge is -2.16. The molecule has 0 aliphatic rings. The van der Waals surface area contributed by atoms with Gasteiger partial charge in [-0.25, -0.2) is 14.5 Å². The van der Waals surface area contributed by atoms with E-state index in [2.05, 4.69) is 15.4 Å². The van der Waals surface area contributed by atoms with Gasteiger partial charge in [0.25, 0.3) is 5.91 Å². The molecule has 0 bridgehead atoms. The first-order valence-corrected chi connectivity index (χ1v) is 8.79. The van der Waals surface area contributed by atoms with Gasteiger partial charge in [-0.3, -0.25) is 4.79 Å². The first kappa shape index (κ1) is 18.6. The lowest BCUT2D eigenvalue weighted by atomic mass is 10.1. The minimum Gasteiger partial charge on any atom is -0.480 e. The minimum atomic E-state index is -1.08. The number of nitrogens with zero attached hydrogens (tertiary/aromatic N) is 3. The molecule has 140 valence electrons. The van der Waals surface area contributed by atoms with E-state index >= 15 is 0 Å². The fraction of sp³-hybridized carbons (Fsp3) is 0.300. The third kappa shape index (κ3) is 3.97. The van der Waals surface area contributed by atoms with E-state index < -0.39 is 17.9 Å². The SMILES string of the molecule is Cc1nc2c(cnn2C(C)C)cc1C(=O)N[C@H](Cc1ccccc1)C(=O)O. The fourth-order valence-corrected chi connectivity index (χ4v) is 2.96. The Morgan fingerprint density at radius 1 is 1.22 bits per heavy atom. The second kappa shape index (κ2) is 7.57. The second-order valence-electron chi connectivity index (χ2n) is 6.77. The fourth-order valence-electron chi connectivity index (χ4n) is 2.96. The molecule has 0 saturated carbocycles. The van der Waals surface area contributed by atoms with Crippen molar-refractivity contribution in [1.29, 1.82) is 0 Å². The van der Waals surface area contributed by atoms with Crippen LogP contribution in [0.5, 0.6) is 0 Å². The summed E-state index contributed by atoms with van der Waals surface area (Å²) in [6.45, 7) is 5.75. The van der Waals surface area contributed by atoms with Crippen LogP contribution >= 0.6 is 0 Å². The molecule has 7 heteroatoms. The maximum absolute atomic E-state index is 12.7. The van der Waals surface area contributed by atoms with Gasteiger partial charge in [0, 0.05) is 17.8 Å². The summed E-state index contributed by atoms with van der Waals surface area (Å²) >= 11 is 0. The Labute approximate surface area is 157 Å². The van der Waals surface area contributed by atoms with Crippen LogP contribution in [0.4, 0.5) is 0 Å². The number of amides is 1. The molecule has 0 saturated heterocycles. The molecule has 3 aromatic rings. The third-order valence-electron chi connectivity index (χ3n) is 4.38. The Morgan fingerprint density at radius 3 is 2.56 bits per heavy atom. The molecule has 3 rings (SSSR count). The number of carbonyl (C=O) groups excluding carboxylic acids is 1. The molecule has 0 fully saturated rings. The van der Waals surface area contributed by atoms with Gasteiger partial charge in [0.15, 0.2) is 5.65 Å². The van der Waals surface area contributed by atoms with E-state index in [1.165, 1.54) is 0 Å². The van der Waals surface area contributed by atoms with Crippen molar-refractivity contribution in [2.45, 2.75) is 39.3 Å². The number of carboxylic acid groups (broad SMARTS) is 1. The number of fused-ring (bicyclic) bond motifs is 1. The van der Waals surface area contributed by atoms with Crippen molar-refractivity contribution in [1.82, 2.24) is 20.1 Å². The summed E-state index contributed by atoms with van der Waals surface area (Å²) in [7, 11) is 0. The number of hydrogen-bond donors (Lipinski definition) is 2. The third-order valence-corrected chi connectivity index (χ3v) is 4.38. The minimum absolute atomic E-state index is 0.149. The number of aryl methyl sites for hydroxylation is 1. The lowest BCUT2D eigenvalue weighted by molar-refractivity contribution is -0.139. The number of hydrogen-bond acceptors (Lipinski definition) is 4. The zero-order valence-corrected chi connectivity index (χ0v) is 15.5. The molecular formula is C20H22N4O3. The molecule has 7 nitrogen and oxygen atoms in total. The molecule has 0 aliphatic heterocycles. The quantitative estimate of drug-likeness (QED) is 0.699. The number of rotatable bonds is 6. The van der Waals surface area contributed by atoms with Gasteiger partial charge in [0.1, 0.15) is 6.04 Å². The molecule has 0 unspecified atom stereocenters. The molecule has 27 heavy (non-hydrogen) atoms. The molecule has 1 amide bonds. The summed E-state index contributed by atoms with van der Waals surface area (Å²) < 4.78 is 1.79. The second-order valence-corrected chi connectivity index (χ2v) is 6.77. The van der Waals surface area contributed by atoms with Gasteiger partial charge in [-0.15, -0.1) is 0 Å². The summed E-state index contributed by atoms with van der Waals surface area (Å²) in [5.74, 6) is -1.53. The molecule has 0 spiro atoms.